The van der Waals surface area contributed by atoms with Gasteiger partial charge in [-0.25, -0.2) is 0 Å². The van der Waals surface area contributed by atoms with E-state index in [1.165, 1.54) is 11.1 Å². The molecule has 1 saturated carbocycles. The molecule has 0 radical (unpaired) electrons. The van der Waals surface area contributed by atoms with Crippen LogP contribution in [-0.2, 0) is 0 Å². The third kappa shape index (κ3) is 1.81. The molecular weight excluding hydrogens is 332 g/mol. The van der Waals surface area contributed by atoms with E-state index in [4.69, 9.17) is 0 Å². The topological polar surface area (TPSA) is 34.1 Å². The lowest BCUT2D eigenvalue weighted by Gasteiger charge is -2.39. The molecule has 2 heteroatoms. The molecule has 4 atom stereocenters. The van der Waals surface area contributed by atoms with Gasteiger partial charge in [0.1, 0.15) is 0 Å². The van der Waals surface area contributed by atoms with E-state index in [0.717, 1.165) is 41.2 Å². The molecule has 1 fully saturated rings. The van der Waals surface area contributed by atoms with Crippen molar-refractivity contribution in [2.24, 2.45) is 23.7 Å². The number of benzene rings is 2. The molecule has 0 amide bonds. The summed E-state index contributed by atoms with van der Waals surface area (Å²) in [6, 6.07) is 11.8. The molecule has 27 heavy (non-hydrogen) atoms. The first-order valence-electron chi connectivity index (χ1n) is 9.75. The van der Waals surface area contributed by atoms with E-state index in [-0.39, 0.29) is 23.4 Å². The van der Waals surface area contributed by atoms with Gasteiger partial charge in [-0.1, -0.05) is 48.6 Å². The van der Waals surface area contributed by atoms with Crippen LogP contribution in [0.4, 0.5) is 0 Å². The predicted octanol–water partition coefficient (Wildman–Crippen LogP) is 5.30. The third-order valence-electron chi connectivity index (χ3n) is 7.43. The Morgan fingerprint density at radius 2 is 1.19 bits per heavy atom. The Balaban J connectivity index is 1.48. The summed E-state index contributed by atoms with van der Waals surface area (Å²) in [6.45, 7) is 8.46. The second-order valence-corrected chi connectivity index (χ2v) is 8.54. The zero-order chi connectivity index (χ0) is 18.4. The SMILES string of the molecule is C=C1C(=C)[C@@H]2C[C@H]1C1=C2CC2C(=O)c3cc4ccccc4cc3C(=O)C2C1. The van der Waals surface area contributed by atoms with E-state index in [1.807, 2.05) is 36.4 Å². The molecule has 132 valence electrons. The summed E-state index contributed by atoms with van der Waals surface area (Å²) >= 11 is 0. The van der Waals surface area contributed by atoms with Crippen LogP contribution in [0.25, 0.3) is 10.8 Å². The van der Waals surface area contributed by atoms with Gasteiger partial charge in [-0.05, 0) is 53.3 Å². The van der Waals surface area contributed by atoms with Gasteiger partial charge in [0.25, 0.3) is 0 Å². The van der Waals surface area contributed by atoms with Crippen LogP contribution in [0.2, 0.25) is 0 Å². The molecule has 0 aliphatic heterocycles. The first-order chi connectivity index (χ1) is 13.0. The largest absolute Gasteiger partial charge is 0.294 e. The zero-order valence-electron chi connectivity index (χ0n) is 15.1. The van der Waals surface area contributed by atoms with Gasteiger partial charge in [-0.15, -0.1) is 0 Å². The van der Waals surface area contributed by atoms with Crippen LogP contribution in [0.5, 0.6) is 0 Å². The average Bonchev–Trinajstić information content (AvgIpc) is 3.20. The first-order valence-corrected chi connectivity index (χ1v) is 9.75. The van der Waals surface area contributed by atoms with Gasteiger partial charge in [0.15, 0.2) is 11.6 Å². The van der Waals surface area contributed by atoms with Crippen molar-refractivity contribution in [3.8, 4) is 0 Å². The molecule has 6 rings (SSSR count). The summed E-state index contributed by atoms with van der Waals surface area (Å²) in [7, 11) is 0. The predicted molar refractivity (Wildman–Crippen MR) is 106 cm³/mol. The van der Waals surface area contributed by atoms with E-state index in [1.54, 1.807) is 0 Å². The lowest BCUT2D eigenvalue weighted by Crippen LogP contribution is -2.40. The molecule has 2 nitrogen and oxygen atoms in total. The van der Waals surface area contributed by atoms with Crippen LogP contribution in [0.15, 0.2) is 71.8 Å². The number of rotatable bonds is 0. The number of carbonyl (C=O) groups is 2. The molecule has 2 bridgehead atoms. The summed E-state index contributed by atoms with van der Waals surface area (Å²) in [5.74, 6) is 0.618. The minimum atomic E-state index is -0.203. The van der Waals surface area contributed by atoms with Gasteiger partial charge in [-0.3, -0.25) is 9.59 Å². The van der Waals surface area contributed by atoms with Gasteiger partial charge in [0.05, 0.1) is 0 Å². The normalized spacial score (nSPS) is 31.4. The highest BCUT2D eigenvalue weighted by atomic mass is 16.1. The van der Waals surface area contributed by atoms with E-state index in [2.05, 4.69) is 13.2 Å². The van der Waals surface area contributed by atoms with Crippen molar-refractivity contribution < 1.29 is 9.59 Å². The smallest absolute Gasteiger partial charge is 0.167 e. The fourth-order valence-electron chi connectivity index (χ4n) is 6.02. The van der Waals surface area contributed by atoms with Gasteiger partial charge in [0, 0.05) is 34.8 Å². The minimum Gasteiger partial charge on any atom is -0.294 e. The number of ketones is 2. The minimum absolute atomic E-state index is 0.152. The Morgan fingerprint density at radius 3 is 1.63 bits per heavy atom. The molecule has 4 aliphatic rings. The average molecular weight is 352 g/mol. The number of fused-ring (bicyclic) bond motifs is 7. The van der Waals surface area contributed by atoms with Crippen LogP contribution in [-0.4, -0.2) is 11.6 Å². The highest BCUT2D eigenvalue weighted by Crippen LogP contribution is 2.60. The van der Waals surface area contributed by atoms with Crippen molar-refractivity contribution in [1.82, 2.24) is 0 Å². The van der Waals surface area contributed by atoms with Crippen LogP contribution in [0.1, 0.15) is 40.0 Å². The van der Waals surface area contributed by atoms with Gasteiger partial charge < -0.3 is 0 Å². The summed E-state index contributed by atoms with van der Waals surface area (Å²) in [5, 5.41) is 2.05. The summed E-state index contributed by atoms with van der Waals surface area (Å²) in [6.07, 6.45) is 2.51. The molecule has 2 unspecified atom stereocenters. The van der Waals surface area contributed by atoms with Gasteiger partial charge in [0.2, 0.25) is 0 Å². The van der Waals surface area contributed by atoms with E-state index < -0.39 is 0 Å². The molecule has 2 aromatic carbocycles. The van der Waals surface area contributed by atoms with E-state index in [9.17, 15) is 9.59 Å². The van der Waals surface area contributed by atoms with Crippen LogP contribution >= 0.6 is 0 Å². The highest BCUT2D eigenvalue weighted by Gasteiger charge is 2.52. The monoisotopic (exact) mass is 352 g/mol. The maximum absolute atomic E-state index is 13.4. The molecule has 0 heterocycles. The number of allylic oxidation sites excluding steroid dienone is 4. The third-order valence-corrected chi connectivity index (χ3v) is 7.43. The molecule has 2 aromatic rings. The molecule has 0 saturated heterocycles. The Hall–Kier alpha value is -2.74. The van der Waals surface area contributed by atoms with Crippen LogP contribution in [0, 0.1) is 23.7 Å². The maximum Gasteiger partial charge on any atom is 0.167 e. The Kier molecular flexibility index (Phi) is 2.81. The van der Waals surface area contributed by atoms with Gasteiger partial charge >= 0.3 is 0 Å². The van der Waals surface area contributed by atoms with Crippen molar-refractivity contribution in [1.29, 1.82) is 0 Å². The molecule has 0 N–H and O–H groups in total. The van der Waals surface area contributed by atoms with Crippen molar-refractivity contribution in [2.45, 2.75) is 19.3 Å². The molecule has 0 aromatic heterocycles. The number of Topliss-reactive ketones (excluding diaryl/α,β-unsaturated/α-hetero) is 2. The fraction of sp³-hybridized carbons (Fsp3) is 0.280. The van der Waals surface area contributed by atoms with Crippen molar-refractivity contribution in [3.05, 3.63) is 83.0 Å². The van der Waals surface area contributed by atoms with Crippen LogP contribution in [0.3, 0.4) is 0 Å². The molecular formula is C25H20O2. The standard InChI is InChI=1S/C25H20O2/c1-12-13(2)17-9-16(12)18-10-22-23(11-19(17)18)25(27)21-8-15-6-4-3-5-14(15)7-20(21)24(22)26/h3-8,16-17,22-23H,1-2,9-11H2/t16-,17+,22?,23?. The van der Waals surface area contributed by atoms with E-state index >= 15 is 0 Å². The van der Waals surface area contributed by atoms with Crippen LogP contribution < -0.4 is 0 Å². The van der Waals surface area contributed by atoms with Gasteiger partial charge in [-0.2, -0.15) is 0 Å². The second-order valence-electron chi connectivity index (χ2n) is 8.54. The first kappa shape index (κ1) is 15.3. The highest BCUT2D eigenvalue weighted by molar-refractivity contribution is 6.18. The Morgan fingerprint density at radius 1 is 0.741 bits per heavy atom. The summed E-state index contributed by atoms with van der Waals surface area (Å²) in [4.78, 5) is 26.7. The fourth-order valence-corrected chi connectivity index (χ4v) is 6.02. The Bertz CT molecular complexity index is 1060. The van der Waals surface area contributed by atoms with Crippen molar-refractivity contribution in [2.75, 3.05) is 0 Å². The van der Waals surface area contributed by atoms with E-state index in [0.29, 0.717) is 23.0 Å². The zero-order valence-corrected chi connectivity index (χ0v) is 15.1. The summed E-state index contributed by atoms with van der Waals surface area (Å²) in [5.41, 5.74) is 6.33. The van der Waals surface area contributed by atoms with Crippen molar-refractivity contribution >= 4 is 22.3 Å². The number of carbonyl (C=O) groups excluding carboxylic acids is 2. The quantitative estimate of drug-likeness (QED) is 0.603. The Labute approximate surface area is 158 Å². The van der Waals surface area contributed by atoms with Crippen molar-refractivity contribution in [3.63, 3.8) is 0 Å². The lowest BCUT2D eigenvalue weighted by molar-refractivity contribution is 0.0719. The number of hydrogen-bond donors (Lipinski definition) is 0. The molecule has 0 spiro atoms. The summed E-state index contributed by atoms with van der Waals surface area (Å²) < 4.78 is 0. The number of hydrogen-bond acceptors (Lipinski definition) is 2. The lowest BCUT2D eigenvalue weighted by atomic mass is 9.63. The molecule has 4 aliphatic carbocycles. The maximum atomic E-state index is 13.4. The second kappa shape index (κ2) is 4.95.